The quantitative estimate of drug-likeness (QED) is 0.741. The summed E-state index contributed by atoms with van der Waals surface area (Å²) in [5, 5.41) is 14.6. The number of piperidine rings is 1. The lowest BCUT2D eigenvalue weighted by molar-refractivity contribution is 0.438. The summed E-state index contributed by atoms with van der Waals surface area (Å²) in [5.74, 6) is 2.12. The molecule has 2 aromatic rings. The van der Waals surface area contributed by atoms with Gasteiger partial charge in [-0.05, 0) is 49.4 Å². The average molecular weight is 340 g/mol. The molecule has 25 heavy (non-hydrogen) atoms. The van der Waals surface area contributed by atoms with Crippen molar-refractivity contribution in [2.45, 2.75) is 39.5 Å². The van der Waals surface area contributed by atoms with Crippen LogP contribution in [0.2, 0.25) is 0 Å². The third kappa shape index (κ3) is 5.05. The monoisotopic (exact) mass is 340 g/mol. The molecule has 0 bridgehead atoms. The molecule has 1 aliphatic heterocycles. The molecule has 3 rings (SSSR count). The Kier molecular flexibility index (Phi) is 6.04. The van der Waals surface area contributed by atoms with Crippen LogP contribution in [0.15, 0.2) is 30.5 Å². The van der Waals surface area contributed by atoms with Crippen LogP contribution in [0.5, 0.6) is 0 Å². The number of benzene rings is 1. The zero-order chi connectivity index (χ0) is 17.5. The van der Waals surface area contributed by atoms with Crippen LogP contribution >= 0.6 is 0 Å². The second kappa shape index (κ2) is 8.65. The van der Waals surface area contributed by atoms with Crippen LogP contribution in [-0.2, 0) is 0 Å². The van der Waals surface area contributed by atoms with Gasteiger partial charge in [-0.15, -0.1) is 5.10 Å². The largest absolute Gasteiger partial charge is 0.372 e. The van der Waals surface area contributed by atoms with E-state index in [0.717, 1.165) is 49.9 Å². The third-order valence-corrected chi connectivity index (χ3v) is 4.67. The molecule has 1 aromatic carbocycles. The van der Waals surface area contributed by atoms with E-state index < -0.39 is 0 Å². The second-order valence-electron chi connectivity index (χ2n) is 6.79. The van der Waals surface area contributed by atoms with Gasteiger partial charge in [-0.3, -0.25) is 0 Å². The minimum absolute atomic E-state index is 0.515. The summed E-state index contributed by atoms with van der Waals surface area (Å²) in [7, 11) is 0. The number of rotatable bonds is 7. The topological polar surface area (TPSA) is 66.0 Å². The highest BCUT2D eigenvalue weighted by atomic mass is 15.3. The van der Waals surface area contributed by atoms with Crippen molar-refractivity contribution < 1.29 is 0 Å². The molecule has 0 saturated carbocycles. The molecule has 0 atom stereocenters. The molecule has 6 heteroatoms. The third-order valence-electron chi connectivity index (χ3n) is 4.67. The van der Waals surface area contributed by atoms with Gasteiger partial charge in [-0.25, -0.2) is 0 Å². The predicted octanol–water partition coefficient (Wildman–Crippen LogP) is 4.06. The summed E-state index contributed by atoms with van der Waals surface area (Å²) in [5.41, 5.74) is 2.26. The van der Waals surface area contributed by atoms with Crippen molar-refractivity contribution in [3.05, 3.63) is 30.5 Å². The Morgan fingerprint density at radius 1 is 1.16 bits per heavy atom. The van der Waals surface area contributed by atoms with Gasteiger partial charge >= 0.3 is 0 Å². The molecule has 0 amide bonds. The molecule has 0 unspecified atom stereocenters. The van der Waals surface area contributed by atoms with Gasteiger partial charge in [0.15, 0.2) is 5.82 Å². The fourth-order valence-corrected chi connectivity index (χ4v) is 2.99. The number of hydrogen-bond donors (Lipinski definition) is 2. The van der Waals surface area contributed by atoms with E-state index in [9.17, 15) is 0 Å². The first kappa shape index (κ1) is 17.5. The Morgan fingerprint density at radius 2 is 1.92 bits per heavy atom. The Bertz CT molecular complexity index is 649. The van der Waals surface area contributed by atoms with E-state index in [4.69, 9.17) is 0 Å². The Morgan fingerprint density at radius 3 is 2.64 bits per heavy atom. The van der Waals surface area contributed by atoms with Crippen LogP contribution < -0.4 is 15.5 Å². The molecule has 1 fully saturated rings. The van der Waals surface area contributed by atoms with Gasteiger partial charge in [0.1, 0.15) is 0 Å². The fourth-order valence-electron chi connectivity index (χ4n) is 2.99. The average Bonchev–Trinajstić information content (AvgIpc) is 2.64. The van der Waals surface area contributed by atoms with Gasteiger partial charge in [-0.1, -0.05) is 20.3 Å². The summed E-state index contributed by atoms with van der Waals surface area (Å²) in [4.78, 5) is 6.91. The lowest BCUT2D eigenvalue weighted by Gasteiger charge is -2.32. The lowest BCUT2D eigenvalue weighted by atomic mass is 9.99. The number of anilines is 4. The highest BCUT2D eigenvalue weighted by Crippen LogP contribution is 2.25. The van der Waals surface area contributed by atoms with Crippen molar-refractivity contribution in [2.75, 3.05) is 35.2 Å². The van der Waals surface area contributed by atoms with Crippen LogP contribution in [-0.4, -0.2) is 34.8 Å². The van der Waals surface area contributed by atoms with Gasteiger partial charge in [0.2, 0.25) is 5.95 Å². The SMILES string of the molecule is CCCCNc1cnnc(Nc2ccc(N3CCC(C)CC3)cc2)n1. The maximum absolute atomic E-state index is 4.45. The van der Waals surface area contributed by atoms with Crippen molar-refractivity contribution in [2.24, 2.45) is 5.92 Å². The summed E-state index contributed by atoms with van der Waals surface area (Å²) in [6, 6.07) is 8.48. The smallest absolute Gasteiger partial charge is 0.249 e. The second-order valence-corrected chi connectivity index (χ2v) is 6.79. The molecular formula is C19H28N6. The minimum Gasteiger partial charge on any atom is -0.372 e. The molecule has 0 spiro atoms. The van der Waals surface area contributed by atoms with E-state index in [2.05, 4.69) is 68.8 Å². The number of aromatic nitrogens is 3. The number of hydrogen-bond acceptors (Lipinski definition) is 6. The maximum atomic E-state index is 4.45. The molecule has 1 aromatic heterocycles. The summed E-state index contributed by atoms with van der Waals surface area (Å²) >= 11 is 0. The van der Waals surface area contributed by atoms with Gasteiger partial charge in [0, 0.05) is 31.0 Å². The molecule has 1 saturated heterocycles. The lowest BCUT2D eigenvalue weighted by Crippen LogP contribution is -2.32. The van der Waals surface area contributed by atoms with E-state index >= 15 is 0 Å². The van der Waals surface area contributed by atoms with Crippen molar-refractivity contribution in [1.29, 1.82) is 0 Å². The molecule has 1 aliphatic rings. The van der Waals surface area contributed by atoms with Crippen LogP contribution in [0.3, 0.4) is 0 Å². The Labute approximate surface area is 150 Å². The summed E-state index contributed by atoms with van der Waals surface area (Å²) in [6.07, 6.45) is 6.47. The maximum Gasteiger partial charge on any atom is 0.249 e. The molecule has 6 nitrogen and oxygen atoms in total. The van der Waals surface area contributed by atoms with Crippen molar-refractivity contribution in [3.63, 3.8) is 0 Å². The van der Waals surface area contributed by atoms with E-state index in [1.165, 1.54) is 18.5 Å². The standard InChI is InChI=1S/C19H28N6/c1-3-4-11-20-18-14-21-24-19(23-18)22-16-5-7-17(8-6-16)25-12-9-15(2)10-13-25/h5-8,14-15H,3-4,9-13H2,1-2H3,(H2,20,22,23,24). The van der Waals surface area contributed by atoms with Crippen LogP contribution in [0, 0.1) is 5.92 Å². The Balaban J connectivity index is 1.58. The zero-order valence-electron chi connectivity index (χ0n) is 15.2. The first-order chi connectivity index (χ1) is 12.2. The molecule has 2 N–H and O–H groups in total. The van der Waals surface area contributed by atoms with Crippen molar-refractivity contribution in [1.82, 2.24) is 15.2 Å². The van der Waals surface area contributed by atoms with Crippen molar-refractivity contribution >= 4 is 23.1 Å². The molecular weight excluding hydrogens is 312 g/mol. The highest BCUT2D eigenvalue weighted by Gasteiger charge is 2.15. The number of nitrogens with zero attached hydrogens (tertiary/aromatic N) is 4. The predicted molar refractivity (Wildman–Crippen MR) is 104 cm³/mol. The van der Waals surface area contributed by atoms with E-state index in [1.54, 1.807) is 6.20 Å². The molecule has 0 radical (unpaired) electrons. The van der Waals surface area contributed by atoms with Gasteiger partial charge < -0.3 is 15.5 Å². The van der Waals surface area contributed by atoms with Gasteiger partial charge in [0.05, 0.1) is 6.20 Å². The van der Waals surface area contributed by atoms with Crippen LogP contribution in [0.1, 0.15) is 39.5 Å². The normalized spacial score (nSPS) is 15.2. The first-order valence-corrected chi connectivity index (χ1v) is 9.30. The van der Waals surface area contributed by atoms with Crippen LogP contribution in [0.25, 0.3) is 0 Å². The highest BCUT2D eigenvalue weighted by molar-refractivity contribution is 5.59. The van der Waals surface area contributed by atoms with E-state index in [-0.39, 0.29) is 0 Å². The summed E-state index contributed by atoms with van der Waals surface area (Å²) in [6.45, 7) is 7.70. The van der Waals surface area contributed by atoms with Crippen LogP contribution in [0.4, 0.5) is 23.1 Å². The fraction of sp³-hybridized carbons (Fsp3) is 0.526. The zero-order valence-corrected chi connectivity index (χ0v) is 15.2. The minimum atomic E-state index is 0.515. The van der Waals surface area contributed by atoms with E-state index in [0.29, 0.717) is 5.95 Å². The molecule has 0 aliphatic carbocycles. The Hall–Kier alpha value is -2.37. The van der Waals surface area contributed by atoms with E-state index in [1.807, 2.05) is 0 Å². The molecule has 134 valence electrons. The number of unbranched alkanes of at least 4 members (excludes halogenated alkanes) is 1. The van der Waals surface area contributed by atoms with Gasteiger partial charge in [0.25, 0.3) is 0 Å². The van der Waals surface area contributed by atoms with Crippen molar-refractivity contribution in [3.8, 4) is 0 Å². The first-order valence-electron chi connectivity index (χ1n) is 9.30. The molecule has 2 heterocycles. The number of nitrogens with one attached hydrogen (secondary N) is 2. The van der Waals surface area contributed by atoms with Gasteiger partial charge in [-0.2, -0.15) is 10.1 Å². The summed E-state index contributed by atoms with van der Waals surface area (Å²) < 4.78 is 0.